The predicted octanol–water partition coefficient (Wildman–Crippen LogP) is 2.93. The maximum absolute atomic E-state index is 5.96. The number of thioether (sulfide) groups is 1. The van der Waals surface area contributed by atoms with Crippen molar-refractivity contribution in [2.75, 3.05) is 6.26 Å². The number of nitrogens with two attached hydrogens (primary N) is 1. The molecule has 3 nitrogen and oxygen atoms in total. The van der Waals surface area contributed by atoms with Gasteiger partial charge in [0.15, 0.2) is 0 Å². The number of aromatic nitrogens is 2. The maximum atomic E-state index is 5.96. The van der Waals surface area contributed by atoms with E-state index < -0.39 is 0 Å². The van der Waals surface area contributed by atoms with Crippen LogP contribution in [0.25, 0.3) is 5.69 Å². The third kappa shape index (κ3) is 2.19. The summed E-state index contributed by atoms with van der Waals surface area (Å²) in [5, 5.41) is 0. The van der Waals surface area contributed by atoms with Crippen LogP contribution in [0, 0.1) is 0 Å². The molecule has 4 heteroatoms. The Kier molecular flexibility index (Phi) is 3.62. The van der Waals surface area contributed by atoms with Crippen LogP contribution in [0.2, 0.25) is 0 Å². The summed E-state index contributed by atoms with van der Waals surface area (Å²) >= 11 is 1.76. The average molecular weight is 273 g/mol. The van der Waals surface area contributed by atoms with Gasteiger partial charge in [-0.05, 0) is 44.1 Å². The van der Waals surface area contributed by atoms with Gasteiger partial charge in [0, 0.05) is 22.7 Å². The van der Waals surface area contributed by atoms with Gasteiger partial charge in [-0.1, -0.05) is 6.07 Å². The fraction of sp³-hybridized carbons (Fsp3) is 0.400. The molecule has 0 unspecified atom stereocenters. The lowest BCUT2D eigenvalue weighted by atomic mass is 10.0. The first-order valence-corrected chi connectivity index (χ1v) is 7.99. The molecular formula is C15H19N3S. The van der Waals surface area contributed by atoms with Gasteiger partial charge in [-0.2, -0.15) is 0 Å². The van der Waals surface area contributed by atoms with Crippen LogP contribution in [0.15, 0.2) is 29.4 Å². The van der Waals surface area contributed by atoms with Gasteiger partial charge in [0.25, 0.3) is 0 Å². The maximum Gasteiger partial charge on any atom is 0.0997 e. The fourth-order valence-corrected chi connectivity index (χ4v) is 3.50. The number of fused-ring (bicyclic) bond motifs is 1. The van der Waals surface area contributed by atoms with Crippen LogP contribution in [-0.4, -0.2) is 15.8 Å². The number of benzene rings is 1. The number of hydrogen-bond acceptors (Lipinski definition) is 3. The van der Waals surface area contributed by atoms with Crippen molar-refractivity contribution in [1.82, 2.24) is 9.55 Å². The predicted molar refractivity (Wildman–Crippen MR) is 79.9 cm³/mol. The van der Waals surface area contributed by atoms with E-state index in [1.807, 2.05) is 6.33 Å². The minimum Gasteiger partial charge on any atom is -0.326 e. The highest BCUT2D eigenvalue weighted by molar-refractivity contribution is 7.98. The van der Waals surface area contributed by atoms with Gasteiger partial charge in [-0.15, -0.1) is 11.8 Å². The summed E-state index contributed by atoms with van der Waals surface area (Å²) in [4.78, 5) is 5.84. The summed E-state index contributed by atoms with van der Waals surface area (Å²) in [7, 11) is 0. The van der Waals surface area contributed by atoms with E-state index >= 15 is 0 Å². The molecule has 0 saturated heterocycles. The molecule has 0 aliphatic heterocycles. The van der Waals surface area contributed by atoms with Crippen molar-refractivity contribution in [1.29, 1.82) is 0 Å². The summed E-state index contributed by atoms with van der Waals surface area (Å²) in [5.41, 5.74) is 11.0. The second-order valence-electron chi connectivity index (χ2n) is 4.88. The molecule has 0 radical (unpaired) electrons. The zero-order valence-corrected chi connectivity index (χ0v) is 12.0. The van der Waals surface area contributed by atoms with E-state index in [0.717, 1.165) is 12.8 Å². The molecule has 0 saturated carbocycles. The lowest BCUT2D eigenvalue weighted by molar-refractivity contribution is 0.655. The third-order valence-electron chi connectivity index (χ3n) is 3.82. The van der Waals surface area contributed by atoms with Gasteiger partial charge in [-0.25, -0.2) is 4.98 Å². The van der Waals surface area contributed by atoms with Crippen LogP contribution < -0.4 is 5.73 Å². The Bertz CT molecular complexity index is 589. The van der Waals surface area contributed by atoms with E-state index in [-0.39, 0.29) is 0 Å². The van der Waals surface area contributed by atoms with Gasteiger partial charge in [0.1, 0.15) is 0 Å². The van der Waals surface area contributed by atoms with Gasteiger partial charge in [0.05, 0.1) is 17.7 Å². The molecule has 1 aromatic carbocycles. The normalized spacial score (nSPS) is 14.4. The standard InChI is InChI=1S/C15H19N3S/c1-19-15-8-4-7-13(11(15)9-16)18-10-17-12-5-2-3-6-14(12)18/h4,7-8,10H,2-3,5-6,9,16H2,1H3. The van der Waals surface area contributed by atoms with Crippen LogP contribution in [0.3, 0.4) is 0 Å². The minimum absolute atomic E-state index is 0.569. The molecule has 0 spiro atoms. The Morgan fingerprint density at radius 3 is 2.95 bits per heavy atom. The Morgan fingerprint density at radius 2 is 2.16 bits per heavy atom. The van der Waals surface area contributed by atoms with Crippen LogP contribution in [0.4, 0.5) is 0 Å². The number of imidazole rings is 1. The molecule has 2 N–H and O–H groups in total. The number of rotatable bonds is 3. The molecule has 100 valence electrons. The molecule has 1 aliphatic carbocycles. The van der Waals surface area contributed by atoms with E-state index in [1.165, 1.54) is 40.4 Å². The van der Waals surface area contributed by atoms with E-state index in [1.54, 1.807) is 11.8 Å². The zero-order chi connectivity index (χ0) is 13.2. The highest BCUT2D eigenvalue weighted by Crippen LogP contribution is 2.29. The van der Waals surface area contributed by atoms with Crippen molar-refractivity contribution >= 4 is 11.8 Å². The first-order valence-electron chi connectivity index (χ1n) is 6.76. The molecular weight excluding hydrogens is 254 g/mol. The molecule has 1 heterocycles. The highest BCUT2D eigenvalue weighted by Gasteiger charge is 2.18. The summed E-state index contributed by atoms with van der Waals surface area (Å²) in [5.74, 6) is 0. The summed E-state index contributed by atoms with van der Waals surface area (Å²) < 4.78 is 2.25. The van der Waals surface area contributed by atoms with Crippen molar-refractivity contribution in [2.24, 2.45) is 5.73 Å². The van der Waals surface area contributed by atoms with Crippen molar-refractivity contribution < 1.29 is 0 Å². The van der Waals surface area contributed by atoms with Crippen molar-refractivity contribution in [2.45, 2.75) is 37.1 Å². The Balaban J connectivity index is 2.14. The fourth-order valence-electron chi connectivity index (χ4n) is 2.85. The van der Waals surface area contributed by atoms with Crippen LogP contribution >= 0.6 is 11.8 Å². The number of nitrogens with zero attached hydrogens (tertiary/aromatic N) is 2. The molecule has 0 atom stereocenters. The quantitative estimate of drug-likeness (QED) is 0.874. The Labute approximate surface area is 118 Å². The van der Waals surface area contributed by atoms with E-state index in [9.17, 15) is 0 Å². The second kappa shape index (κ2) is 5.39. The van der Waals surface area contributed by atoms with Gasteiger partial charge in [0.2, 0.25) is 0 Å². The molecule has 0 amide bonds. The number of hydrogen-bond donors (Lipinski definition) is 1. The molecule has 2 aromatic rings. The first kappa shape index (κ1) is 12.8. The third-order valence-corrected chi connectivity index (χ3v) is 4.64. The monoisotopic (exact) mass is 273 g/mol. The molecule has 0 bridgehead atoms. The topological polar surface area (TPSA) is 43.8 Å². The molecule has 3 rings (SSSR count). The summed E-state index contributed by atoms with van der Waals surface area (Å²) in [6.45, 7) is 0.569. The lowest BCUT2D eigenvalue weighted by Crippen LogP contribution is -2.10. The van der Waals surface area contributed by atoms with Crippen molar-refractivity contribution in [3.8, 4) is 5.69 Å². The van der Waals surface area contributed by atoms with Gasteiger partial charge < -0.3 is 10.3 Å². The zero-order valence-electron chi connectivity index (χ0n) is 11.2. The van der Waals surface area contributed by atoms with Crippen LogP contribution in [0.1, 0.15) is 29.8 Å². The summed E-state index contributed by atoms with van der Waals surface area (Å²) in [6.07, 6.45) is 8.83. The van der Waals surface area contributed by atoms with Gasteiger partial charge >= 0.3 is 0 Å². The lowest BCUT2D eigenvalue weighted by Gasteiger charge is -2.17. The molecule has 19 heavy (non-hydrogen) atoms. The largest absolute Gasteiger partial charge is 0.326 e. The summed E-state index contributed by atoms with van der Waals surface area (Å²) in [6, 6.07) is 6.40. The first-order chi connectivity index (χ1) is 9.35. The minimum atomic E-state index is 0.569. The van der Waals surface area contributed by atoms with Crippen LogP contribution in [0.5, 0.6) is 0 Å². The Morgan fingerprint density at radius 1 is 1.32 bits per heavy atom. The second-order valence-corrected chi connectivity index (χ2v) is 5.73. The van der Waals surface area contributed by atoms with Crippen molar-refractivity contribution in [3.05, 3.63) is 41.5 Å². The SMILES string of the molecule is CSc1cccc(-n2cnc3c2CCCC3)c1CN. The average Bonchev–Trinajstić information content (AvgIpc) is 2.90. The molecule has 1 aliphatic rings. The highest BCUT2D eigenvalue weighted by atomic mass is 32.2. The molecule has 1 aromatic heterocycles. The Hall–Kier alpha value is -1.26. The van der Waals surface area contributed by atoms with Crippen molar-refractivity contribution in [3.63, 3.8) is 0 Å². The van der Waals surface area contributed by atoms with E-state index in [4.69, 9.17) is 5.73 Å². The van der Waals surface area contributed by atoms with E-state index in [0.29, 0.717) is 6.54 Å². The number of aryl methyl sites for hydroxylation is 1. The smallest absolute Gasteiger partial charge is 0.0997 e. The van der Waals surface area contributed by atoms with Gasteiger partial charge in [-0.3, -0.25) is 0 Å². The molecule has 0 fully saturated rings. The van der Waals surface area contributed by atoms with Crippen LogP contribution in [-0.2, 0) is 19.4 Å². The van der Waals surface area contributed by atoms with E-state index in [2.05, 4.69) is 34.0 Å².